The molecule has 29 heavy (non-hydrogen) atoms. The Kier molecular flexibility index (Phi) is 4.91. The van der Waals surface area contributed by atoms with Crippen molar-refractivity contribution in [3.8, 4) is 11.4 Å². The molecule has 3 aromatic rings. The van der Waals surface area contributed by atoms with Crippen molar-refractivity contribution in [2.24, 2.45) is 4.99 Å². The zero-order valence-corrected chi connectivity index (χ0v) is 17.3. The smallest absolute Gasteiger partial charge is 0.320 e. The number of esters is 1. The first-order valence-corrected chi connectivity index (χ1v) is 9.92. The number of rotatable bonds is 4. The lowest BCUT2D eigenvalue weighted by Crippen LogP contribution is -2.24. The van der Waals surface area contributed by atoms with E-state index in [1.54, 1.807) is 13.3 Å². The van der Waals surface area contributed by atoms with E-state index in [1.165, 1.54) is 0 Å². The van der Waals surface area contributed by atoms with Crippen LogP contribution in [0, 0.1) is 0 Å². The summed E-state index contributed by atoms with van der Waals surface area (Å²) in [6.45, 7) is 7.13. The molecule has 0 fully saturated rings. The van der Waals surface area contributed by atoms with Crippen LogP contribution in [0.5, 0.6) is 5.75 Å². The van der Waals surface area contributed by atoms with Gasteiger partial charge in [-0.25, -0.2) is 0 Å². The maximum Gasteiger partial charge on any atom is 0.320 e. The molecule has 1 atom stereocenters. The molecule has 0 radical (unpaired) electrons. The van der Waals surface area contributed by atoms with Crippen LogP contribution in [0.15, 0.2) is 53.5 Å². The predicted molar refractivity (Wildman–Crippen MR) is 116 cm³/mol. The molecule has 0 spiro atoms. The van der Waals surface area contributed by atoms with Crippen molar-refractivity contribution >= 4 is 23.1 Å². The van der Waals surface area contributed by atoms with Gasteiger partial charge in [-0.3, -0.25) is 9.79 Å². The number of aromatic nitrogens is 1. The Labute approximate surface area is 171 Å². The number of para-hydroxylation sites is 1. The summed E-state index contributed by atoms with van der Waals surface area (Å²) in [5, 5.41) is 1.13. The average Bonchev–Trinajstić information content (AvgIpc) is 3.00. The van der Waals surface area contributed by atoms with Gasteiger partial charge in [0, 0.05) is 41.0 Å². The third-order valence-corrected chi connectivity index (χ3v) is 5.48. The highest BCUT2D eigenvalue weighted by atomic mass is 16.5. The summed E-state index contributed by atoms with van der Waals surface area (Å²) in [5.74, 6) is -0.0734. The molecular weight excluding hydrogens is 364 g/mol. The van der Waals surface area contributed by atoms with E-state index in [0.717, 1.165) is 33.6 Å². The second kappa shape index (κ2) is 7.39. The van der Waals surface area contributed by atoms with E-state index < -0.39 is 5.92 Å². The Hall–Kier alpha value is -3.08. The molecular formula is C24H26N2O3. The second-order valence-corrected chi connectivity index (χ2v) is 7.92. The highest BCUT2D eigenvalue weighted by Gasteiger charge is 2.38. The summed E-state index contributed by atoms with van der Waals surface area (Å²) in [6, 6.07) is 16.2. The maximum atomic E-state index is 13.0. The molecule has 1 aliphatic heterocycles. The zero-order valence-electron chi connectivity index (χ0n) is 17.3. The molecule has 0 N–H and O–H groups in total. The number of methoxy groups -OCH3 is 1. The number of benzene rings is 2. The first-order chi connectivity index (χ1) is 14.0. The Morgan fingerprint density at radius 3 is 2.76 bits per heavy atom. The fourth-order valence-corrected chi connectivity index (χ4v) is 4.23. The molecule has 2 heterocycles. The van der Waals surface area contributed by atoms with Crippen molar-refractivity contribution in [1.82, 2.24) is 4.57 Å². The molecule has 0 aliphatic carbocycles. The van der Waals surface area contributed by atoms with Crippen LogP contribution in [0.25, 0.3) is 16.6 Å². The summed E-state index contributed by atoms with van der Waals surface area (Å²) in [7, 11) is 1.66. The summed E-state index contributed by atoms with van der Waals surface area (Å²) in [5.41, 5.74) is 3.85. The summed E-state index contributed by atoms with van der Waals surface area (Å²) >= 11 is 0. The van der Waals surface area contributed by atoms with Gasteiger partial charge in [0.25, 0.3) is 0 Å². The highest BCUT2D eigenvalue weighted by molar-refractivity contribution is 6.00. The van der Waals surface area contributed by atoms with Crippen molar-refractivity contribution in [2.75, 3.05) is 20.3 Å². The lowest BCUT2D eigenvalue weighted by atomic mass is 9.81. The Morgan fingerprint density at radius 2 is 2.00 bits per heavy atom. The Bertz CT molecular complexity index is 1090. The van der Waals surface area contributed by atoms with Crippen molar-refractivity contribution in [3.05, 3.63) is 59.8 Å². The lowest BCUT2D eigenvalue weighted by Gasteiger charge is -2.24. The Balaban J connectivity index is 2.11. The molecule has 1 unspecified atom stereocenters. The number of fused-ring (bicyclic) bond motifs is 3. The van der Waals surface area contributed by atoms with Crippen LogP contribution < -0.4 is 4.74 Å². The average molecular weight is 390 g/mol. The molecule has 150 valence electrons. The molecule has 0 saturated heterocycles. The summed E-state index contributed by atoms with van der Waals surface area (Å²) in [6.07, 6.45) is 1.75. The summed E-state index contributed by atoms with van der Waals surface area (Å²) < 4.78 is 13.0. The van der Waals surface area contributed by atoms with Gasteiger partial charge in [-0.15, -0.1) is 0 Å². The monoisotopic (exact) mass is 390 g/mol. The molecule has 4 rings (SSSR count). The molecule has 1 aliphatic rings. The third kappa shape index (κ3) is 3.20. The van der Waals surface area contributed by atoms with Crippen molar-refractivity contribution in [2.45, 2.75) is 32.1 Å². The van der Waals surface area contributed by atoms with Gasteiger partial charge in [-0.1, -0.05) is 38.1 Å². The van der Waals surface area contributed by atoms with Gasteiger partial charge in [0.05, 0.1) is 19.2 Å². The van der Waals surface area contributed by atoms with Crippen LogP contribution in [-0.4, -0.2) is 37.0 Å². The largest absolute Gasteiger partial charge is 0.497 e. The summed E-state index contributed by atoms with van der Waals surface area (Å²) in [4.78, 5) is 17.6. The van der Waals surface area contributed by atoms with E-state index in [0.29, 0.717) is 13.2 Å². The zero-order chi connectivity index (χ0) is 20.6. The van der Waals surface area contributed by atoms with Crippen LogP contribution in [0.4, 0.5) is 0 Å². The fourth-order valence-electron chi connectivity index (χ4n) is 4.23. The predicted octanol–water partition coefficient (Wildman–Crippen LogP) is 4.65. The van der Waals surface area contributed by atoms with Crippen LogP contribution in [0.2, 0.25) is 0 Å². The Morgan fingerprint density at radius 1 is 1.21 bits per heavy atom. The third-order valence-electron chi connectivity index (χ3n) is 5.48. The maximum absolute atomic E-state index is 13.0. The minimum Gasteiger partial charge on any atom is -0.497 e. The molecule has 2 aromatic carbocycles. The molecule has 5 heteroatoms. The molecule has 0 saturated carbocycles. The van der Waals surface area contributed by atoms with Gasteiger partial charge in [0.1, 0.15) is 11.7 Å². The standard InChI is InChI=1S/C24H26N2O3/c1-5-29-23(27)19-14-25-15-24(2,3)21-18-11-6-7-12-20(18)26(22(19)21)16-9-8-10-17(13-16)28-4/h6-14,19H,5,15H2,1-4H3. The van der Waals surface area contributed by atoms with Crippen LogP contribution in [-0.2, 0) is 14.9 Å². The van der Waals surface area contributed by atoms with Crippen molar-refractivity contribution < 1.29 is 14.3 Å². The minimum absolute atomic E-state index is 0.225. The van der Waals surface area contributed by atoms with E-state index in [-0.39, 0.29) is 11.4 Å². The van der Waals surface area contributed by atoms with Gasteiger partial charge in [0.2, 0.25) is 0 Å². The van der Waals surface area contributed by atoms with E-state index in [4.69, 9.17) is 9.47 Å². The number of carbonyl (C=O) groups is 1. The second-order valence-electron chi connectivity index (χ2n) is 7.92. The fraction of sp³-hybridized carbons (Fsp3) is 0.333. The van der Waals surface area contributed by atoms with E-state index in [1.807, 2.05) is 43.3 Å². The van der Waals surface area contributed by atoms with Gasteiger partial charge in [0.15, 0.2) is 0 Å². The van der Waals surface area contributed by atoms with E-state index >= 15 is 0 Å². The van der Waals surface area contributed by atoms with Gasteiger partial charge < -0.3 is 14.0 Å². The first kappa shape index (κ1) is 19.2. The molecule has 0 amide bonds. The van der Waals surface area contributed by atoms with E-state index in [2.05, 4.69) is 35.5 Å². The minimum atomic E-state index is -0.565. The highest BCUT2D eigenvalue weighted by Crippen LogP contribution is 2.42. The van der Waals surface area contributed by atoms with Gasteiger partial charge in [-0.05, 0) is 30.7 Å². The van der Waals surface area contributed by atoms with Gasteiger partial charge >= 0.3 is 5.97 Å². The van der Waals surface area contributed by atoms with Crippen LogP contribution in [0.3, 0.4) is 0 Å². The van der Waals surface area contributed by atoms with E-state index in [9.17, 15) is 4.79 Å². The van der Waals surface area contributed by atoms with Crippen molar-refractivity contribution in [1.29, 1.82) is 0 Å². The van der Waals surface area contributed by atoms with Gasteiger partial charge in [-0.2, -0.15) is 0 Å². The normalized spacial score (nSPS) is 17.6. The first-order valence-electron chi connectivity index (χ1n) is 9.92. The van der Waals surface area contributed by atoms with Crippen molar-refractivity contribution in [3.63, 3.8) is 0 Å². The lowest BCUT2D eigenvalue weighted by molar-refractivity contribution is -0.143. The van der Waals surface area contributed by atoms with Crippen LogP contribution in [0.1, 0.15) is 37.9 Å². The number of ether oxygens (including phenoxy) is 2. The topological polar surface area (TPSA) is 52.8 Å². The number of aliphatic imine (C=N–C) groups is 1. The number of hydrogen-bond acceptors (Lipinski definition) is 4. The number of carbonyl (C=O) groups excluding carboxylic acids is 1. The quantitative estimate of drug-likeness (QED) is 0.610. The molecule has 0 bridgehead atoms. The SMILES string of the molecule is CCOC(=O)C1C=NCC(C)(C)c2c1n(-c1cccc(OC)c1)c1ccccc21. The van der Waals surface area contributed by atoms with Crippen LogP contribution >= 0.6 is 0 Å². The number of nitrogens with zero attached hydrogens (tertiary/aromatic N) is 2. The number of hydrogen-bond donors (Lipinski definition) is 0. The molecule has 5 nitrogen and oxygen atoms in total. The molecule has 1 aromatic heterocycles.